The Bertz CT molecular complexity index is 555. The highest BCUT2D eigenvalue weighted by atomic mass is 16.1. The van der Waals surface area contributed by atoms with Crippen LogP contribution in [0.25, 0.3) is 6.08 Å². The van der Waals surface area contributed by atoms with Gasteiger partial charge < -0.3 is 0 Å². The molecular formula is C19H20O. The summed E-state index contributed by atoms with van der Waals surface area (Å²) in [4.78, 5) is 12.1. The fourth-order valence-corrected chi connectivity index (χ4v) is 2.29. The van der Waals surface area contributed by atoms with Crippen LogP contribution in [0, 0.1) is 0 Å². The Morgan fingerprint density at radius 1 is 1.00 bits per heavy atom. The molecule has 0 unspecified atom stereocenters. The first kappa shape index (κ1) is 14.3. The van der Waals surface area contributed by atoms with E-state index in [1.807, 2.05) is 54.6 Å². The van der Waals surface area contributed by atoms with Crippen LogP contribution in [0.2, 0.25) is 0 Å². The Balaban J connectivity index is 1.98. The van der Waals surface area contributed by atoms with Crippen LogP contribution in [0.1, 0.15) is 36.8 Å². The molecule has 2 aromatic rings. The SMILES string of the molecule is CC[C@@H](CC(=O)/C=C/c1ccccc1)c1ccccc1. The molecule has 0 aliphatic heterocycles. The summed E-state index contributed by atoms with van der Waals surface area (Å²) in [6.45, 7) is 2.13. The Labute approximate surface area is 121 Å². The zero-order valence-electron chi connectivity index (χ0n) is 11.8. The highest BCUT2D eigenvalue weighted by Crippen LogP contribution is 2.23. The van der Waals surface area contributed by atoms with Gasteiger partial charge in [-0.3, -0.25) is 4.79 Å². The molecule has 0 spiro atoms. The van der Waals surface area contributed by atoms with E-state index in [4.69, 9.17) is 0 Å². The second-order valence-electron chi connectivity index (χ2n) is 4.93. The van der Waals surface area contributed by atoms with Gasteiger partial charge in [-0.25, -0.2) is 0 Å². The molecule has 1 heteroatoms. The van der Waals surface area contributed by atoms with Crippen LogP contribution in [0.3, 0.4) is 0 Å². The summed E-state index contributed by atoms with van der Waals surface area (Å²) in [7, 11) is 0. The molecule has 0 aromatic heterocycles. The molecule has 0 aliphatic rings. The van der Waals surface area contributed by atoms with Gasteiger partial charge in [0.2, 0.25) is 0 Å². The molecule has 0 saturated carbocycles. The molecule has 2 aromatic carbocycles. The molecule has 0 saturated heterocycles. The highest BCUT2D eigenvalue weighted by Gasteiger charge is 2.12. The number of benzene rings is 2. The van der Waals surface area contributed by atoms with E-state index in [1.165, 1.54) is 5.56 Å². The zero-order valence-corrected chi connectivity index (χ0v) is 11.8. The number of hydrogen-bond donors (Lipinski definition) is 0. The summed E-state index contributed by atoms with van der Waals surface area (Å²) in [6.07, 6.45) is 5.14. The van der Waals surface area contributed by atoms with Crippen LogP contribution in [-0.4, -0.2) is 5.78 Å². The molecule has 0 radical (unpaired) electrons. The van der Waals surface area contributed by atoms with Crippen molar-refractivity contribution < 1.29 is 4.79 Å². The third kappa shape index (κ3) is 4.20. The molecule has 0 bridgehead atoms. The molecule has 0 aliphatic carbocycles. The molecule has 20 heavy (non-hydrogen) atoms. The summed E-state index contributed by atoms with van der Waals surface area (Å²) < 4.78 is 0. The maximum absolute atomic E-state index is 12.1. The number of carbonyl (C=O) groups is 1. The topological polar surface area (TPSA) is 17.1 Å². The normalized spacial score (nSPS) is 12.4. The van der Waals surface area contributed by atoms with Crippen molar-refractivity contribution in [3.05, 3.63) is 77.9 Å². The zero-order chi connectivity index (χ0) is 14.2. The third-order valence-corrected chi connectivity index (χ3v) is 3.47. The lowest BCUT2D eigenvalue weighted by molar-refractivity contribution is -0.114. The third-order valence-electron chi connectivity index (χ3n) is 3.47. The predicted molar refractivity (Wildman–Crippen MR) is 84.6 cm³/mol. The van der Waals surface area contributed by atoms with E-state index in [1.54, 1.807) is 6.08 Å². The van der Waals surface area contributed by atoms with Crippen molar-refractivity contribution in [2.45, 2.75) is 25.7 Å². The van der Waals surface area contributed by atoms with Crippen LogP contribution in [-0.2, 0) is 4.79 Å². The first-order valence-corrected chi connectivity index (χ1v) is 7.10. The number of hydrogen-bond acceptors (Lipinski definition) is 1. The standard InChI is InChI=1S/C19H20O/c1-2-17(18-11-7-4-8-12-18)15-19(20)14-13-16-9-5-3-6-10-16/h3-14,17H,2,15H2,1H3/b14-13+/t17-/m0/s1. The Hall–Kier alpha value is -2.15. The Kier molecular flexibility index (Phi) is 5.31. The lowest BCUT2D eigenvalue weighted by atomic mass is 9.91. The van der Waals surface area contributed by atoms with Crippen molar-refractivity contribution in [3.63, 3.8) is 0 Å². The largest absolute Gasteiger partial charge is 0.295 e. The Morgan fingerprint density at radius 2 is 1.60 bits per heavy atom. The van der Waals surface area contributed by atoms with Gasteiger partial charge in [-0.15, -0.1) is 0 Å². The lowest BCUT2D eigenvalue weighted by Gasteiger charge is -2.13. The molecule has 1 nitrogen and oxygen atoms in total. The van der Waals surface area contributed by atoms with E-state index in [-0.39, 0.29) is 5.78 Å². The molecule has 102 valence electrons. The predicted octanol–water partition coefficient (Wildman–Crippen LogP) is 4.85. The van der Waals surface area contributed by atoms with Gasteiger partial charge in [0, 0.05) is 6.42 Å². The summed E-state index contributed by atoms with van der Waals surface area (Å²) in [5, 5.41) is 0. The number of rotatable bonds is 6. The summed E-state index contributed by atoms with van der Waals surface area (Å²) in [5.41, 5.74) is 2.31. The average Bonchev–Trinajstić information content (AvgIpc) is 2.52. The molecule has 0 amide bonds. The van der Waals surface area contributed by atoms with Crippen molar-refractivity contribution in [2.75, 3.05) is 0 Å². The molecule has 0 N–H and O–H groups in total. The van der Waals surface area contributed by atoms with Gasteiger partial charge in [0.15, 0.2) is 5.78 Å². The van der Waals surface area contributed by atoms with E-state index >= 15 is 0 Å². The molecule has 0 fully saturated rings. The van der Waals surface area contributed by atoms with Crippen molar-refractivity contribution in [2.24, 2.45) is 0 Å². The van der Waals surface area contributed by atoms with Crippen molar-refractivity contribution in [3.8, 4) is 0 Å². The molecule has 2 rings (SSSR count). The minimum Gasteiger partial charge on any atom is -0.295 e. The van der Waals surface area contributed by atoms with Gasteiger partial charge in [-0.1, -0.05) is 73.7 Å². The summed E-state index contributed by atoms with van der Waals surface area (Å²) in [5.74, 6) is 0.494. The monoisotopic (exact) mass is 264 g/mol. The maximum atomic E-state index is 12.1. The summed E-state index contributed by atoms with van der Waals surface area (Å²) in [6, 6.07) is 20.2. The van der Waals surface area contributed by atoms with E-state index in [2.05, 4.69) is 19.1 Å². The molecular weight excluding hydrogens is 244 g/mol. The molecule has 1 atom stereocenters. The van der Waals surface area contributed by atoms with Crippen LogP contribution in [0.5, 0.6) is 0 Å². The van der Waals surface area contributed by atoms with Gasteiger partial charge in [0.25, 0.3) is 0 Å². The minimum absolute atomic E-state index is 0.185. The fraction of sp³-hybridized carbons (Fsp3) is 0.211. The first-order valence-electron chi connectivity index (χ1n) is 7.10. The van der Waals surface area contributed by atoms with Crippen LogP contribution < -0.4 is 0 Å². The fourth-order valence-electron chi connectivity index (χ4n) is 2.29. The van der Waals surface area contributed by atoms with Gasteiger partial charge >= 0.3 is 0 Å². The van der Waals surface area contributed by atoms with Crippen LogP contribution in [0.4, 0.5) is 0 Å². The van der Waals surface area contributed by atoms with Gasteiger partial charge in [-0.05, 0) is 29.5 Å². The number of carbonyl (C=O) groups excluding carboxylic acids is 1. The smallest absolute Gasteiger partial charge is 0.156 e. The molecule has 0 heterocycles. The lowest BCUT2D eigenvalue weighted by Crippen LogP contribution is -2.04. The average molecular weight is 264 g/mol. The van der Waals surface area contributed by atoms with Gasteiger partial charge in [0.05, 0.1) is 0 Å². The Morgan fingerprint density at radius 3 is 2.20 bits per heavy atom. The maximum Gasteiger partial charge on any atom is 0.156 e. The quantitative estimate of drug-likeness (QED) is 0.681. The van der Waals surface area contributed by atoms with E-state index in [9.17, 15) is 4.79 Å². The van der Waals surface area contributed by atoms with E-state index in [0.717, 1.165) is 12.0 Å². The minimum atomic E-state index is 0.185. The van der Waals surface area contributed by atoms with Crippen LogP contribution in [0.15, 0.2) is 66.7 Å². The van der Waals surface area contributed by atoms with Gasteiger partial charge in [-0.2, -0.15) is 0 Å². The second kappa shape index (κ2) is 7.44. The number of ketones is 1. The van der Waals surface area contributed by atoms with E-state index in [0.29, 0.717) is 12.3 Å². The van der Waals surface area contributed by atoms with Crippen molar-refractivity contribution in [1.82, 2.24) is 0 Å². The van der Waals surface area contributed by atoms with Gasteiger partial charge in [0.1, 0.15) is 0 Å². The van der Waals surface area contributed by atoms with E-state index < -0.39 is 0 Å². The first-order chi connectivity index (χ1) is 9.79. The van der Waals surface area contributed by atoms with Crippen molar-refractivity contribution >= 4 is 11.9 Å². The number of allylic oxidation sites excluding steroid dienone is 1. The summed E-state index contributed by atoms with van der Waals surface area (Å²) >= 11 is 0. The van der Waals surface area contributed by atoms with Crippen LogP contribution >= 0.6 is 0 Å². The second-order valence-corrected chi connectivity index (χ2v) is 4.93. The van der Waals surface area contributed by atoms with Crippen molar-refractivity contribution in [1.29, 1.82) is 0 Å². The highest BCUT2D eigenvalue weighted by molar-refractivity contribution is 5.94.